The molecule has 3 aliphatic heterocycles. The number of rotatable bonds is 3. The highest BCUT2D eigenvalue weighted by Gasteiger charge is 2.53. The summed E-state index contributed by atoms with van der Waals surface area (Å²) in [6.45, 7) is 17.8. The molecule has 0 aromatic heterocycles. The highest BCUT2D eigenvalue weighted by atomic mass is 16.5. The van der Waals surface area contributed by atoms with Crippen LogP contribution in [0.2, 0.25) is 0 Å². The van der Waals surface area contributed by atoms with Gasteiger partial charge in [0, 0.05) is 36.1 Å². The van der Waals surface area contributed by atoms with Crippen molar-refractivity contribution in [3.8, 4) is 0 Å². The van der Waals surface area contributed by atoms with Crippen molar-refractivity contribution < 1.29 is 9.47 Å². The average Bonchev–Trinajstić information content (AvgIpc) is 2.23. The van der Waals surface area contributed by atoms with Crippen LogP contribution in [0.3, 0.4) is 0 Å². The number of hydrogen-bond acceptors (Lipinski definition) is 4. The van der Waals surface area contributed by atoms with Crippen molar-refractivity contribution in [3.05, 3.63) is 0 Å². The Balaban J connectivity index is 1.46. The number of hydrogen-bond donors (Lipinski definition) is 0. The Labute approximate surface area is 129 Å². The summed E-state index contributed by atoms with van der Waals surface area (Å²) in [5.74, 6) is 0. The fraction of sp³-hybridized carbons (Fsp3) is 1.00. The lowest BCUT2D eigenvalue weighted by Crippen LogP contribution is -2.70. The standard InChI is InChI=1S/C17H32N2O2/c1-15(2,3)18-7-6-14(21-13-18)8-16(4,5)19-9-17(10-19)11-20-12-17/h14H,6-13H2,1-5H3. The minimum atomic E-state index is 0.217. The van der Waals surface area contributed by atoms with Crippen molar-refractivity contribution in [1.29, 1.82) is 0 Å². The maximum Gasteiger partial charge on any atom is 0.0998 e. The second-order valence-electron chi connectivity index (χ2n) is 9.01. The summed E-state index contributed by atoms with van der Waals surface area (Å²) in [5.41, 5.74) is 0.970. The monoisotopic (exact) mass is 296 g/mol. The summed E-state index contributed by atoms with van der Waals surface area (Å²) in [4.78, 5) is 5.05. The molecule has 0 radical (unpaired) electrons. The van der Waals surface area contributed by atoms with Crippen molar-refractivity contribution in [1.82, 2.24) is 9.80 Å². The third-order valence-electron chi connectivity index (χ3n) is 5.59. The first kappa shape index (κ1) is 15.7. The number of nitrogens with zero attached hydrogens (tertiary/aromatic N) is 2. The summed E-state index contributed by atoms with van der Waals surface area (Å²) >= 11 is 0. The highest BCUT2D eigenvalue weighted by molar-refractivity contribution is 5.04. The number of ether oxygens (including phenoxy) is 2. The van der Waals surface area contributed by atoms with E-state index in [0.29, 0.717) is 11.5 Å². The molecule has 0 aliphatic carbocycles. The van der Waals surface area contributed by atoms with Crippen molar-refractivity contribution in [3.63, 3.8) is 0 Å². The SMILES string of the molecule is CC(C)(C)N1CCC(CC(C)(C)N2CC3(COC3)C2)OC1. The van der Waals surface area contributed by atoms with Crippen molar-refractivity contribution in [2.75, 3.05) is 39.6 Å². The van der Waals surface area contributed by atoms with Gasteiger partial charge in [0.05, 0.1) is 26.0 Å². The lowest BCUT2D eigenvalue weighted by molar-refractivity contribution is -0.215. The largest absolute Gasteiger partial charge is 0.380 e. The Bertz CT molecular complexity index is 369. The topological polar surface area (TPSA) is 24.9 Å². The predicted molar refractivity (Wildman–Crippen MR) is 84.3 cm³/mol. The molecule has 21 heavy (non-hydrogen) atoms. The first-order valence-corrected chi connectivity index (χ1v) is 8.40. The van der Waals surface area contributed by atoms with E-state index in [9.17, 15) is 0 Å². The van der Waals surface area contributed by atoms with Gasteiger partial charge in [-0.25, -0.2) is 0 Å². The molecule has 3 saturated heterocycles. The summed E-state index contributed by atoms with van der Waals surface area (Å²) in [5, 5.41) is 0. The summed E-state index contributed by atoms with van der Waals surface area (Å²) in [6, 6.07) is 0. The van der Waals surface area contributed by atoms with Gasteiger partial charge in [0.15, 0.2) is 0 Å². The first-order valence-electron chi connectivity index (χ1n) is 8.40. The minimum Gasteiger partial charge on any atom is -0.380 e. The second-order valence-corrected chi connectivity index (χ2v) is 9.01. The lowest BCUT2D eigenvalue weighted by atomic mass is 9.74. The summed E-state index contributed by atoms with van der Waals surface area (Å²) in [6.07, 6.45) is 2.71. The van der Waals surface area contributed by atoms with Gasteiger partial charge in [-0.05, 0) is 47.5 Å². The third-order valence-corrected chi connectivity index (χ3v) is 5.59. The Kier molecular flexibility index (Phi) is 3.89. The van der Waals surface area contributed by atoms with E-state index in [0.717, 1.165) is 39.3 Å². The van der Waals surface area contributed by atoms with Crippen LogP contribution >= 0.6 is 0 Å². The molecule has 0 N–H and O–H groups in total. The zero-order valence-electron chi connectivity index (χ0n) is 14.4. The fourth-order valence-corrected chi connectivity index (χ4v) is 3.78. The Morgan fingerprint density at radius 3 is 2.14 bits per heavy atom. The van der Waals surface area contributed by atoms with Crippen LogP contribution in [0.5, 0.6) is 0 Å². The van der Waals surface area contributed by atoms with Gasteiger partial charge in [0.1, 0.15) is 0 Å². The van der Waals surface area contributed by atoms with Gasteiger partial charge < -0.3 is 9.47 Å². The van der Waals surface area contributed by atoms with Gasteiger partial charge in [-0.1, -0.05) is 0 Å². The molecule has 3 rings (SSSR count). The molecule has 1 atom stereocenters. The van der Waals surface area contributed by atoms with Gasteiger partial charge in [0.25, 0.3) is 0 Å². The van der Waals surface area contributed by atoms with Crippen LogP contribution in [0.15, 0.2) is 0 Å². The molecule has 122 valence electrons. The molecule has 1 unspecified atom stereocenters. The Morgan fingerprint density at radius 1 is 1.05 bits per heavy atom. The molecular formula is C17H32N2O2. The predicted octanol–water partition coefficient (Wildman–Crippen LogP) is 2.33. The highest BCUT2D eigenvalue weighted by Crippen LogP contribution is 2.42. The third kappa shape index (κ3) is 3.14. The van der Waals surface area contributed by atoms with Crippen LogP contribution in [-0.2, 0) is 9.47 Å². The maximum atomic E-state index is 6.14. The van der Waals surface area contributed by atoms with Crippen LogP contribution < -0.4 is 0 Å². The van der Waals surface area contributed by atoms with E-state index in [1.165, 1.54) is 13.1 Å². The molecule has 4 heteroatoms. The van der Waals surface area contributed by atoms with E-state index in [1.807, 2.05) is 0 Å². The fourth-order valence-electron chi connectivity index (χ4n) is 3.78. The van der Waals surface area contributed by atoms with E-state index < -0.39 is 0 Å². The second kappa shape index (κ2) is 5.19. The molecule has 0 amide bonds. The quantitative estimate of drug-likeness (QED) is 0.798. The van der Waals surface area contributed by atoms with Crippen molar-refractivity contribution in [2.24, 2.45) is 5.41 Å². The van der Waals surface area contributed by atoms with Gasteiger partial charge in [-0.15, -0.1) is 0 Å². The van der Waals surface area contributed by atoms with E-state index in [4.69, 9.17) is 9.47 Å². The Morgan fingerprint density at radius 2 is 1.71 bits per heavy atom. The molecule has 3 aliphatic rings. The van der Waals surface area contributed by atoms with Gasteiger partial charge >= 0.3 is 0 Å². The van der Waals surface area contributed by atoms with Gasteiger partial charge in [0.2, 0.25) is 0 Å². The van der Waals surface area contributed by atoms with Crippen molar-refractivity contribution in [2.45, 2.75) is 64.6 Å². The summed E-state index contributed by atoms with van der Waals surface area (Å²) < 4.78 is 11.5. The summed E-state index contributed by atoms with van der Waals surface area (Å²) in [7, 11) is 0. The van der Waals surface area contributed by atoms with Gasteiger partial charge in [-0.2, -0.15) is 0 Å². The smallest absolute Gasteiger partial charge is 0.0998 e. The lowest BCUT2D eigenvalue weighted by Gasteiger charge is -2.60. The minimum absolute atomic E-state index is 0.217. The van der Waals surface area contributed by atoms with Crippen LogP contribution in [0.1, 0.15) is 47.5 Å². The van der Waals surface area contributed by atoms with E-state index in [1.54, 1.807) is 0 Å². The van der Waals surface area contributed by atoms with Crippen LogP contribution in [0.4, 0.5) is 0 Å². The molecule has 1 spiro atoms. The van der Waals surface area contributed by atoms with Crippen molar-refractivity contribution >= 4 is 0 Å². The molecular weight excluding hydrogens is 264 g/mol. The van der Waals surface area contributed by atoms with E-state index in [2.05, 4.69) is 44.4 Å². The molecule has 0 aromatic carbocycles. The van der Waals surface area contributed by atoms with Crippen LogP contribution in [0.25, 0.3) is 0 Å². The van der Waals surface area contributed by atoms with E-state index >= 15 is 0 Å². The molecule has 4 nitrogen and oxygen atoms in total. The number of likely N-dealkylation sites (tertiary alicyclic amines) is 1. The van der Waals surface area contributed by atoms with Gasteiger partial charge in [-0.3, -0.25) is 9.80 Å². The maximum absolute atomic E-state index is 6.14. The molecule has 0 saturated carbocycles. The normalized spacial score (nSPS) is 31.0. The molecule has 0 aromatic rings. The molecule has 3 heterocycles. The van der Waals surface area contributed by atoms with Crippen LogP contribution in [0, 0.1) is 5.41 Å². The van der Waals surface area contributed by atoms with Crippen LogP contribution in [-0.4, -0.2) is 66.6 Å². The Hall–Kier alpha value is -0.160. The van der Waals surface area contributed by atoms with E-state index in [-0.39, 0.29) is 11.1 Å². The molecule has 0 bridgehead atoms. The average molecular weight is 296 g/mol. The first-order chi connectivity index (χ1) is 9.70. The zero-order valence-corrected chi connectivity index (χ0v) is 14.4. The molecule has 3 fully saturated rings. The zero-order chi connectivity index (χ0) is 15.3.